The van der Waals surface area contributed by atoms with E-state index < -0.39 is 4.92 Å². The molecule has 0 spiro atoms. The van der Waals surface area contributed by atoms with Gasteiger partial charge in [-0.1, -0.05) is 23.3 Å². The standard InChI is InChI=1S/C17H17N3O3S/c1-10-6-11(2)8-13(7-10)16(21)19-17(24)18-15-9-14(20(22)23)5-4-12(15)3/h4-9H,1-3H3,(H2,18,19,21,24). The van der Waals surface area contributed by atoms with E-state index in [0.29, 0.717) is 11.3 Å². The predicted octanol–water partition coefficient (Wildman–Crippen LogP) is 3.65. The average molecular weight is 343 g/mol. The number of benzene rings is 2. The fourth-order valence-electron chi connectivity index (χ4n) is 2.29. The first kappa shape index (κ1) is 17.6. The third-order valence-electron chi connectivity index (χ3n) is 3.39. The molecule has 0 bridgehead atoms. The van der Waals surface area contributed by atoms with Crippen molar-refractivity contribution in [3.05, 3.63) is 68.8 Å². The molecule has 0 aliphatic rings. The molecule has 0 atom stereocenters. The van der Waals surface area contributed by atoms with Gasteiger partial charge in [-0.05, 0) is 50.7 Å². The minimum Gasteiger partial charge on any atom is -0.332 e. The highest BCUT2D eigenvalue weighted by molar-refractivity contribution is 7.80. The van der Waals surface area contributed by atoms with Crippen LogP contribution in [0.15, 0.2) is 36.4 Å². The first-order chi connectivity index (χ1) is 11.3. The fraction of sp³-hybridized carbons (Fsp3) is 0.176. The van der Waals surface area contributed by atoms with Crippen LogP contribution in [0.3, 0.4) is 0 Å². The van der Waals surface area contributed by atoms with Gasteiger partial charge in [0.2, 0.25) is 0 Å². The van der Waals surface area contributed by atoms with Gasteiger partial charge in [0.05, 0.1) is 4.92 Å². The first-order valence-corrected chi connectivity index (χ1v) is 7.63. The second kappa shape index (κ2) is 7.18. The normalized spacial score (nSPS) is 10.1. The maximum Gasteiger partial charge on any atom is 0.271 e. The summed E-state index contributed by atoms with van der Waals surface area (Å²) in [5.41, 5.74) is 3.68. The van der Waals surface area contributed by atoms with Crippen LogP contribution in [0.4, 0.5) is 11.4 Å². The Bertz CT molecular complexity index is 814. The van der Waals surface area contributed by atoms with Gasteiger partial charge in [0.15, 0.2) is 5.11 Å². The molecule has 2 N–H and O–H groups in total. The maximum atomic E-state index is 12.3. The molecule has 1 amide bonds. The number of nitrogens with one attached hydrogen (secondary N) is 2. The third-order valence-corrected chi connectivity index (χ3v) is 3.60. The Balaban J connectivity index is 2.12. The summed E-state index contributed by atoms with van der Waals surface area (Å²) < 4.78 is 0. The molecule has 0 aliphatic heterocycles. The second-order valence-electron chi connectivity index (χ2n) is 5.54. The van der Waals surface area contributed by atoms with Crippen molar-refractivity contribution in [1.29, 1.82) is 0 Å². The van der Waals surface area contributed by atoms with E-state index in [1.54, 1.807) is 25.1 Å². The van der Waals surface area contributed by atoms with Crippen molar-refractivity contribution in [1.82, 2.24) is 5.32 Å². The zero-order valence-electron chi connectivity index (χ0n) is 13.5. The number of rotatable bonds is 3. The van der Waals surface area contributed by atoms with Gasteiger partial charge in [0.1, 0.15) is 0 Å². The van der Waals surface area contributed by atoms with Crippen LogP contribution in [-0.2, 0) is 0 Å². The number of carbonyl (C=O) groups excluding carboxylic acids is 1. The molecule has 0 heterocycles. The SMILES string of the molecule is Cc1cc(C)cc(C(=O)NC(=S)Nc2cc([N+](=O)[O-])ccc2C)c1. The van der Waals surface area contributed by atoms with Crippen LogP contribution >= 0.6 is 12.2 Å². The van der Waals surface area contributed by atoms with Crippen LogP contribution in [0.5, 0.6) is 0 Å². The molecule has 0 aromatic heterocycles. The molecule has 0 unspecified atom stereocenters. The molecule has 7 heteroatoms. The van der Waals surface area contributed by atoms with Crippen molar-refractivity contribution >= 4 is 34.6 Å². The van der Waals surface area contributed by atoms with E-state index in [-0.39, 0.29) is 16.7 Å². The van der Waals surface area contributed by atoms with Gasteiger partial charge in [-0.3, -0.25) is 20.2 Å². The van der Waals surface area contributed by atoms with Crippen LogP contribution in [0.2, 0.25) is 0 Å². The second-order valence-corrected chi connectivity index (χ2v) is 5.95. The molecule has 124 valence electrons. The van der Waals surface area contributed by atoms with Crippen molar-refractivity contribution in [2.75, 3.05) is 5.32 Å². The van der Waals surface area contributed by atoms with Crippen molar-refractivity contribution in [2.45, 2.75) is 20.8 Å². The van der Waals surface area contributed by atoms with Crippen molar-refractivity contribution < 1.29 is 9.72 Å². The largest absolute Gasteiger partial charge is 0.332 e. The molecule has 0 radical (unpaired) electrons. The highest BCUT2D eigenvalue weighted by Crippen LogP contribution is 2.21. The van der Waals surface area contributed by atoms with Crippen LogP contribution in [0.1, 0.15) is 27.0 Å². The maximum absolute atomic E-state index is 12.3. The molecule has 6 nitrogen and oxygen atoms in total. The Morgan fingerprint density at radius 2 is 1.71 bits per heavy atom. The van der Waals surface area contributed by atoms with Gasteiger partial charge < -0.3 is 5.32 Å². The van der Waals surface area contributed by atoms with E-state index in [1.165, 1.54) is 12.1 Å². The van der Waals surface area contributed by atoms with Crippen LogP contribution in [0.25, 0.3) is 0 Å². The number of nitrogens with zero attached hydrogens (tertiary/aromatic N) is 1. The Morgan fingerprint density at radius 1 is 1.08 bits per heavy atom. The average Bonchev–Trinajstić information content (AvgIpc) is 2.48. The summed E-state index contributed by atoms with van der Waals surface area (Å²) in [6.07, 6.45) is 0. The number of amides is 1. The minimum absolute atomic E-state index is 0.0495. The van der Waals surface area contributed by atoms with Crippen molar-refractivity contribution in [2.24, 2.45) is 0 Å². The summed E-state index contributed by atoms with van der Waals surface area (Å²) in [4.78, 5) is 22.6. The number of non-ortho nitro benzene ring substituents is 1. The minimum atomic E-state index is -0.484. The summed E-state index contributed by atoms with van der Waals surface area (Å²) in [6, 6.07) is 9.92. The quantitative estimate of drug-likeness (QED) is 0.505. The van der Waals surface area contributed by atoms with Crippen molar-refractivity contribution in [3.8, 4) is 0 Å². The predicted molar refractivity (Wildman–Crippen MR) is 97.4 cm³/mol. The van der Waals surface area contributed by atoms with Gasteiger partial charge in [-0.25, -0.2) is 0 Å². The van der Waals surface area contributed by atoms with E-state index >= 15 is 0 Å². The number of hydrogen-bond acceptors (Lipinski definition) is 4. The van der Waals surface area contributed by atoms with Gasteiger partial charge in [0.25, 0.3) is 11.6 Å². The fourth-order valence-corrected chi connectivity index (χ4v) is 2.50. The molecular weight excluding hydrogens is 326 g/mol. The zero-order valence-corrected chi connectivity index (χ0v) is 14.4. The van der Waals surface area contributed by atoms with Gasteiger partial charge in [-0.15, -0.1) is 0 Å². The van der Waals surface area contributed by atoms with Gasteiger partial charge in [0, 0.05) is 23.4 Å². The van der Waals surface area contributed by atoms with E-state index in [2.05, 4.69) is 10.6 Å². The molecule has 0 aliphatic carbocycles. The number of nitro groups is 1. The highest BCUT2D eigenvalue weighted by Gasteiger charge is 2.12. The van der Waals surface area contributed by atoms with E-state index in [4.69, 9.17) is 12.2 Å². The molecule has 0 saturated heterocycles. The number of thiocarbonyl (C=S) groups is 1. The lowest BCUT2D eigenvalue weighted by molar-refractivity contribution is -0.384. The summed E-state index contributed by atoms with van der Waals surface area (Å²) in [7, 11) is 0. The van der Waals surface area contributed by atoms with Gasteiger partial charge >= 0.3 is 0 Å². The lowest BCUT2D eigenvalue weighted by Gasteiger charge is -2.12. The molecule has 24 heavy (non-hydrogen) atoms. The lowest BCUT2D eigenvalue weighted by atomic mass is 10.1. The number of aryl methyl sites for hydroxylation is 3. The van der Waals surface area contributed by atoms with E-state index in [1.807, 2.05) is 19.9 Å². The first-order valence-electron chi connectivity index (χ1n) is 7.22. The molecule has 2 aromatic carbocycles. The number of hydrogen-bond donors (Lipinski definition) is 2. The summed E-state index contributed by atoms with van der Waals surface area (Å²) in [5, 5.41) is 16.4. The summed E-state index contributed by atoms with van der Waals surface area (Å²) in [5.74, 6) is -0.331. The van der Waals surface area contributed by atoms with Crippen LogP contribution in [0, 0.1) is 30.9 Å². The number of nitro benzene ring substituents is 1. The third kappa shape index (κ3) is 4.36. The van der Waals surface area contributed by atoms with Gasteiger partial charge in [-0.2, -0.15) is 0 Å². The number of anilines is 1. The molecular formula is C17H17N3O3S. The molecule has 2 aromatic rings. The monoisotopic (exact) mass is 343 g/mol. The molecule has 0 fully saturated rings. The van der Waals surface area contributed by atoms with Crippen LogP contribution in [-0.4, -0.2) is 15.9 Å². The Kier molecular flexibility index (Phi) is 5.25. The Hall–Kier alpha value is -2.80. The smallest absolute Gasteiger partial charge is 0.271 e. The summed E-state index contributed by atoms with van der Waals surface area (Å²) in [6.45, 7) is 5.61. The van der Waals surface area contributed by atoms with E-state index in [9.17, 15) is 14.9 Å². The topological polar surface area (TPSA) is 84.3 Å². The van der Waals surface area contributed by atoms with Crippen molar-refractivity contribution in [3.63, 3.8) is 0 Å². The lowest BCUT2D eigenvalue weighted by Crippen LogP contribution is -2.34. The van der Waals surface area contributed by atoms with Crippen LogP contribution < -0.4 is 10.6 Å². The zero-order chi connectivity index (χ0) is 17.9. The number of carbonyl (C=O) groups is 1. The molecule has 0 saturated carbocycles. The summed E-state index contributed by atoms with van der Waals surface area (Å²) >= 11 is 5.13. The highest BCUT2D eigenvalue weighted by atomic mass is 32.1. The Labute approximate surface area is 145 Å². The molecule has 2 rings (SSSR count). The Morgan fingerprint density at radius 3 is 2.29 bits per heavy atom. The van der Waals surface area contributed by atoms with E-state index in [0.717, 1.165) is 16.7 Å².